The molecule has 2 rings (SSSR count). The zero-order chi connectivity index (χ0) is 11.5. The van der Waals surface area contributed by atoms with E-state index in [0.717, 1.165) is 24.1 Å². The van der Waals surface area contributed by atoms with E-state index in [1.165, 1.54) is 32.2 Å². The van der Waals surface area contributed by atoms with Crippen LogP contribution in [0, 0.1) is 0 Å². The number of hydrogen-bond donors (Lipinski definition) is 1. The molecule has 0 bridgehead atoms. The van der Waals surface area contributed by atoms with E-state index in [2.05, 4.69) is 16.9 Å². The number of aromatic nitrogens is 2. The molecule has 4 nitrogen and oxygen atoms in total. The number of nitrogen functional groups attached to an aromatic ring is 1. The van der Waals surface area contributed by atoms with Crippen LogP contribution >= 0.6 is 0 Å². The minimum atomic E-state index is 0.733. The highest BCUT2D eigenvalue weighted by molar-refractivity contribution is 5.30. The minimum absolute atomic E-state index is 0.733. The molecule has 0 aliphatic carbocycles. The molecule has 16 heavy (non-hydrogen) atoms. The first-order valence-corrected chi connectivity index (χ1v) is 6.23. The molecular weight excluding hydrogens is 200 g/mol. The van der Waals surface area contributed by atoms with Crippen LogP contribution in [0.15, 0.2) is 6.07 Å². The Labute approximate surface area is 97.4 Å². The van der Waals surface area contributed by atoms with E-state index in [1.807, 2.05) is 13.1 Å². The number of rotatable bonds is 3. The number of hydrogen-bond acceptors (Lipinski definition) is 3. The van der Waals surface area contributed by atoms with E-state index < -0.39 is 0 Å². The Hall–Kier alpha value is -1.03. The highest BCUT2D eigenvalue weighted by atomic mass is 15.3. The van der Waals surface area contributed by atoms with Gasteiger partial charge in [0.05, 0.1) is 5.69 Å². The molecule has 1 aliphatic heterocycles. The summed E-state index contributed by atoms with van der Waals surface area (Å²) < 4.78 is 1.75. The molecule has 0 saturated carbocycles. The first-order chi connectivity index (χ1) is 7.70. The second-order valence-electron chi connectivity index (χ2n) is 4.71. The maximum Gasteiger partial charge on any atom is 0.121 e. The molecule has 1 saturated heterocycles. The highest BCUT2D eigenvalue weighted by Gasteiger charge is 2.21. The van der Waals surface area contributed by atoms with E-state index >= 15 is 0 Å². The Morgan fingerprint density at radius 2 is 2.31 bits per heavy atom. The van der Waals surface area contributed by atoms with Crippen LogP contribution in [0.4, 0.5) is 5.82 Å². The van der Waals surface area contributed by atoms with Gasteiger partial charge in [0.2, 0.25) is 0 Å². The van der Waals surface area contributed by atoms with Crippen molar-refractivity contribution in [1.82, 2.24) is 14.7 Å². The van der Waals surface area contributed by atoms with Crippen molar-refractivity contribution in [3.63, 3.8) is 0 Å². The Morgan fingerprint density at radius 1 is 1.50 bits per heavy atom. The van der Waals surface area contributed by atoms with Gasteiger partial charge < -0.3 is 5.73 Å². The minimum Gasteiger partial charge on any atom is -0.384 e. The summed E-state index contributed by atoms with van der Waals surface area (Å²) in [6.07, 6.45) is 5.26. The molecule has 0 unspecified atom stereocenters. The van der Waals surface area contributed by atoms with Crippen molar-refractivity contribution in [3.05, 3.63) is 11.8 Å². The van der Waals surface area contributed by atoms with E-state index in [-0.39, 0.29) is 0 Å². The van der Waals surface area contributed by atoms with Gasteiger partial charge in [0.15, 0.2) is 0 Å². The molecule has 90 valence electrons. The molecule has 1 aromatic heterocycles. The second kappa shape index (κ2) is 4.87. The lowest BCUT2D eigenvalue weighted by Crippen LogP contribution is -2.38. The molecule has 1 atom stereocenters. The van der Waals surface area contributed by atoms with E-state index in [4.69, 9.17) is 5.73 Å². The quantitative estimate of drug-likeness (QED) is 0.848. The molecule has 0 spiro atoms. The predicted octanol–water partition coefficient (Wildman–Crippen LogP) is 1.77. The molecule has 0 radical (unpaired) electrons. The van der Waals surface area contributed by atoms with Crippen molar-refractivity contribution in [2.75, 3.05) is 12.3 Å². The predicted molar refractivity (Wildman–Crippen MR) is 66.0 cm³/mol. The highest BCUT2D eigenvalue weighted by Crippen LogP contribution is 2.21. The van der Waals surface area contributed by atoms with Crippen LogP contribution in [0.2, 0.25) is 0 Å². The fourth-order valence-electron chi connectivity index (χ4n) is 2.56. The van der Waals surface area contributed by atoms with Gasteiger partial charge in [-0.25, -0.2) is 0 Å². The number of piperidine rings is 1. The average Bonchev–Trinajstić information content (AvgIpc) is 2.59. The van der Waals surface area contributed by atoms with Gasteiger partial charge in [-0.1, -0.05) is 13.3 Å². The monoisotopic (exact) mass is 222 g/mol. The lowest BCUT2D eigenvalue weighted by atomic mass is 10.00. The second-order valence-corrected chi connectivity index (χ2v) is 4.71. The zero-order valence-corrected chi connectivity index (χ0v) is 10.3. The molecule has 0 amide bonds. The molecule has 0 aromatic carbocycles. The molecule has 4 heteroatoms. The van der Waals surface area contributed by atoms with Gasteiger partial charge in [-0.2, -0.15) is 5.10 Å². The number of anilines is 1. The summed E-state index contributed by atoms with van der Waals surface area (Å²) >= 11 is 0. The summed E-state index contributed by atoms with van der Waals surface area (Å²) in [7, 11) is 1.90. The van der Waals surface area contributed by atoms with Gasteiger partial charge in [0.1, 0.15) is 5.82 Å². The summed E-state index contributed by atoms with van der Waals surface area (Å²) in [4.78, 5) is 2.55. The van der Waals surface area contributed by atoms with Gasteiger partial charge >= 0.3 is 0 Å². The normalized spacial score (nSPS) is 22.5. The maximum absolute atomic E-state index is 5.79. The Kier molecular flexibility index (Phi) is 3.49. The fourth-order valence-corrected chi connectivity index (χ4v) is 2.56. The van der Waals surface area contributed by atoms with Crippen molar-refractivity contribution >= 4 is 5.82 Å². The number of aryl methyl sites for hydroxylation is 1. The Balaban J connectivity index is 2.02. The summed E-state index contributed by atoms with van der Waals surface area (Å²) in [6, 6.07) is 2.72. The van der Waals surface area contributed by atoms with Gasteiger partial charge in [-0.15, -0.1) is 0 Å². The first-order valence-electron chi connectivity index (χ1n) is 6.23. The van der Waals surface area contributed by atoms with Gasteiger partial charge in [0, 0.05) is 25.7 Å². The topological polar surface area (TPSA) is 47.1 Å². The first kappa shape index (κ1) is 11.5. The third kappa shape index (κ3) is 2.38. The smallest absolute Gasteiger partial charge is 0.121 e. The zero-order valence-electron chi connectivity index (χ0n) is 10.3. The van der Waals surface area contributed by atoms with Crippen LogP contribution in [0.1, 0.15) is 38.3 Å². The summed E-state index contributed by atoms with van der Waals surface area (Å²) in [5.74, 6) is 0.750. The summed E-state index contributed by atoms with van der Waals surface area (Å²) in [5.41, 5.74) is 6.89. The average molecular weight is 222 g/mol. The lowest BCUT2D eigenvalue weighted by Gasteiger charge is -2.34. The van der Waals surface area contributed by atoms with Crippen molar-refractivity contribution in [2.45, 2.75) is 45.2 Å². The third-order valence-electron chi connectivity index (χ3n) is 3.55. The molecule has 1 aliphatic rings. The summed E-state index contributed by atoms with van der Waals surface area (Å²) in [5, 5.41) is 4.42. The Bertz CT molecular complexity index is 325. The third-order valence-corrected chi connectivity index (χ3v) is 3.55. The SMILES string of the molecule is CC[C@H]1CCCCN1Cc1cc(N)n(C)n1. The van der Waals surface area contributed by atoms with Gasteiger partial charge in [-0.05, 0) is 25.8 Å². The summed E-state index contributed by atoms with van der Waals surface area (Å²) in [6.45, 7) is 4.42. The van der Waals surface area contributed by atoms with Crippen molar-refractivity contribution in [1.29, 1.82) is 0 Å². The number of likely N-dealkylation sites (tertiary alicyclic amines) is 1. The van der Waals surface area contributed by atoms with Crippen LogP contribution in [0.3, 0.4) is 0 Å². The van der Waals surface area contributed by atoms with Crippen molar-refractivity contribution in [2.24, 2.45) is 7.05 Å². The lowest BCUT2D eigenvalue weighted by molar-refractivity contribution is 0.134. The van der Waals surface area contributed by atoms with Crippen molar-refractivity contribution in [3.8, 4) is 0 Å². The van der Waals surface area contributed by atoms with Crippen LogP contribution in [0.25, 0.3) is 0 Å². The van der Waals surface area contributed by atoms with Gasteiger partial charge in [-0.3, -0.25) is 9.58 Å². The van der Waals surface area contributed by atoms with E-state index in [9.17, 15) is 0 Å². The largest absolute Gasteiger partial charge is 0.384 e. The molecule has 2 heterocycles. The van der Waals surface area contributed by atoms with Crippen LogP contribution in [0.5, 0.6) is 0 Å². The van der Waals surface area contributed by atoms with Crippen LogP contribution in [-0.2, 0) is 13.6 Å². The van der Waals surface area contributed by atoms with E-state index in [0.29, 0.717) is 0 Å². The van der Waals surface area contributed by atoms with E-state index in [1.54, 1.807) is 4.68 Å². The van der Waals surface area contributed by atoms with Crippen LogP contribution < -0.4 is 5.73 Å². The fraction of sp³-hybridized carbons (Fsp3) is 0.750. The molecule has 1 fully saturated rings. The number of nitrogens with zero attached hydrogens (tertiary/aromatic N) is 3. The molecular formula is C12H22N4. The number of nitrogens with two attached hydrogens (primary N) is 1. The Morgan fingerprint density at radius 3 is 2.94 bits per heavy atom. The molecule has 2 N–H and O–H groups in total. The standard InChI is InChI=1S/C12H22N4/c1-3-11-6-4-5-7-16(11)9-10-8-12(13)15(2)14-10/h8,11H,3-7,9,13H2,1-2H3/t11-/m0/s1. The van der Waals surface area contributed by atoms with Gasteiger partial charge in [0.25, 0.3) is 0 Å². The van der Waals surface area contributed by atoms with Crippen molar-refractivity contribution < 1.29 is 0 Å². The molecule has 1 aromatic rings. The maximum atomic E-state index is 5.79. The van der Waals surface area contributed by atoms with Crippen LogP contribution in [-0.4, -0.2) is 27.3 Å².